The number of benzene rings is 2. The van der Waals surface area contributed by atoms with Crippen LogP contribution >= 0.6 is 0 Å². The number of nitrogens with one attached hydrogen (secondary N) is 1. The van der Waals surface area contributed by atoms with Gasteiger partial charge in [-0.05, 0) is 61.9 Å². The van der Waals surface area contributed by atoms with E-state index in [0.29, 0.717) is 11.6 Å². The summed E-state index contributed by atoms with van der Waals surface area (Å²) in [7, 11) is 0. The summed E-state index contributed by atoms with van der Waals surface area (Å²) in [5, 5.41) is 2.79. The maximum absolute atomic E-state index is 12.4. The lowest BCUT2D eigenvalue weighted by atomic mass is 10.1. The molecule has 2 heterocycles. The molecule has 0 aliphatic rings. The van der Waals surface area contributed by atoms with Gasteiger partial charge in [0, 0.05) is 11.8 Å². The van der Waals surface area contributed by atoms with Crippen LogP contribution in [-0.4, -0.2) is 27.0 Å². The van der Waals surface area contributed by atoms with Gasteiger partial charge in [0.25, 0.3) is 5.91 Å². The predicted molar refractivity (Wildman–Crippen MR) is 113 cm³/mol. The van der Waals surface area contributed by atoms with Crippen LogP contribution < -0.4 is 10.1 Å². The van der Waals surface area contributed by atoms with Crippen molar-refractivity contribution in [1.29, 1.82) is 0 Å². The molecule has 1 N–H and O–H groups in total. The highest BCUT2D eigenvalue weighted by molar-refractivity contribution is 5.93. The Morgan fingerprint density at radius 3 is 2.48 bits per heavy atom. The van der Waals surface area contributed by atoms with Gasteiger partial charge in [-0.1, -0.05) is 18.2 Å². The fourth-order valence-electron chi connectivity index (χ4n) is 2.89. The molecule has 144 valence electrons. The molecular weight excluding hydrogens is 364 g/mol. The van der Waals surface area contributed by atoms with E-state index in [1.807, 2.05) is 67.6 Å². The molecule has 0 spiro atoms. The Morgan fingerprint density at radius 2 is 1.72 bits per heavy atom. The first-order chi connectivity index (χ1) is 14.1. The molecule has 0 bridgehead atoms. The van der Waals surface area contributed by atoms with E-state index in [1.54, 1.807) is 19.3 Å². The van der Waals surface area contributed by atoms with Crippen LogP contribution in [0.5, 0.6) is 5.75 Å². The summed E-state index contributed by atoms with van der Waals surface area (Å²) in [6.45, 7) is 3.60. The Bertz CT molecular complexity index is 1160. The molecule has 0 saturated heterocycles. The number of ether oxygens (including phenoxy) is 1. The van der Waals surface area contributed by atoms with E-state index >= 15 is 0 Å². The van der Waals surface area contributed by atoms with Crippen LogP contribution in [0.15, 0.2) is 73.1 Å². The lowest BCUT2D eigenvalue weighted by Crippen LogP contribution is -2.30. The number of aromatic nitrogens is 3. The number of nitrogens with zero attached hydrogens (tertiary/aromatic N) is 3. The number of fused-ring (bicyclic) bond motifs is 1. The predicted octanol–water partition coefficient (Wildman–Crippen LogP) is 4.41. The van der Waals surface area contributed by atoms with Crippen molar-refractivity contribution in [3.63, 3.8) is 0 Å². The molecule has 1 unspecified atom stereocenters. The van der Waals surface area contributed by atoms with Crippen molar-refractivity contribution in [1.82, 2.24) is 15.0 Å². The summed E-state index contributed by atoms with van der Waals surface area (Å²) in [4.78, 5) is 25.7. The number of aryl methyl sites for hydroxylation is 1. The zero-order valence-corrected chi connectivity index (χ0v) is 16.2. The molecule has 2 aromatic heterocycles. The maximum Gasteiger partial charge on any atom is 0.266 e. The average molecular weight is 384 g/mol. The second kappa shape index (κ2) is 8.06. The zero-order valence-electron chi connectivity index (χ0n) is 16.2. The number of hydrogen-bond acceptors (Lipinski definition) is 5. The standard InChI is InChI=1S/C23H20N4O2/c1-15-6-5-13-24-22(15)27-23(28)16(2)29-18-11-9-17(10-12-18)21-14-25-19-7-3-4-8-20(19)26-21/h3-14,16H,1-2H3,(H,24,27,28). The minimum Gasteiger partial charge on any atom is -0.481 e. The number of carbonyl (C=O) groups is 1. The van der Waals surface area contributed by atoms with E-state index in [-0.39, 0.29) is 5.91 Å². The maximum atomic E-state index is 12.4. The third-order valence-corrected chi connectivity index (χ3v) is 4.53. The molecule has 0 saturated carbocycles. The van der Waals surface area contributed by atoms with Gasteiger partial charge in [0.2, 0.25) is 0 Å². The molecule has 0 aliphatic heterocycles. The second-order valence-corrected chi connectivity index (χ2v) is 6.69. The van der Waals surface area contributed by atoms with Crippen LogP contribution in [0, 0.1) is 6.92 Å². The summed E-state index contributed by atoms with van der Waals surface area (Å²) in [5.74, 6) is 0.886. The third kappa shape index (κ3) is 4.21. The van der Waals surface area contributed by atoms with Gasteiger partial charge in [-0.25, -0.2) is 9.97 Å². The molecule has 0 aliphatic carbocycles. The SMILES string of the molecule is Cc1cccnc1NC(=O)C(C)Oc1ccc(-c2cnc3ccccc3n2)cc1. The van der Waals surface area contributed by atoms with Gasteiger partial charge >= 0.3 is 0 Å². The molecule has 29 heavy (non-hydrogen) atoms. The van der Waals surface area contributed by atoms with E-state index in [9.17, 15) is 4.79 Å². The topological polar surface area (TPSA) is 77.0 Å². The van der Waals surface area contributed by atoms with Crippen molar-refractivity contribution in [2.24, 2.45) is 0 Å². The number of hydrogen-bond donors (Lipinski definition) is 1. The van der Waals surface area contributed by atoms with E-state index in [1.165, 1.54) is 0 Å². The van der Waals surface area contributed by atoms with Crippen molar-refractivity contribution >= 4 is 22.8 Å². The van der Waals surface area contributed by atoms with E-state index in [2.05, 4.69) is 20.3 Å². The van der Waals surface area contributed by atoms with Gasteiger partial charge in [0.05, 0.1) is 22.9 Å². The quantitative estimate of drug-likeness (QED) is 0.552. The van der Waals surface area contributed by atoms with Crippen LogP contribution in [0.25, 0.3) is 22.3 Å². The number of rotatable bonds is 5. The van der Waals surface area contributed by atoms with E-state index in [4.69, 9.17) is 4.74 Å². The van der Waals surface area contributed by atoms with Gasteiger partial charge < -0.3 is 10.1 Å². The molecular formula is C23H20N4O2. The van der Waals surface area contributed by atoms with Crippen molar-refractivity contribution in [3.8, 4) is 17.0 Å². The summed E-state index contributed by atoms with van der Waals surface area (Å²) < 4.78 is 5.77. The first-order valence-corrected chi connectivity index (χ1v) is 9.31. The zero-order chi connectivity index (χ0) is 20.2. The summed E-state index contributed by atoms with van der Waals surface area (Å²) >= 11 is 0. The van der Waals surface area contributed by atoms with Gasteiger partial charge in [-0.15, -0.1) is 0 Å². The third-order valence-electron chi connectivity index (χ3n) is 4.53. The Balaban J connectivity index is 1.44. The van der Waals surface area contributed by atoms with Crippen LogP contribution in [0.4, 0.5) is 5.82 Å². The monoisotopic (exact) mass is 384 g/mol. The minimum atomic E-state index is -0.664. The van der Waals surface area contributed by atoms with Gasteiger partial charge in [0.15, 0.2) is 6.10 Å². The Kier molecular flexibility index (Phi) is 5.16. The lowest BCUT2D eigenvalue weighted by molar-refractivity contribution is -0.122. The highest BCUT2D eigenvalue weighted by atomic mass is 16.5. The fourth-order valence-corrected chi connectivity index (χ4v) is 2.89. The largest absolute Gasteiger partial charge is 0.481 e. The Hall–Kier alpha value is -3.80. The van der Waals surface area contributed by atoms with Crippen LogP contribution in [0.1, 0.15) is 12.5 Å². The molecule has 1 amide bonds. The number of carbonyl (C=O) groups excluding carboxylic acids is 1. The first-order valence-electron chi connectivity index (χ1n) is 9.31. The van der Waals surface area contributed by atoms with E-state index in [0.717, 1.165) is 27.9 Å². The van der Waals surface area contributed by atoms with Crippen LogP contribution in [0.3, 0.4) is 0 Å². The highest BCUT2D eigenvalue weighted by Crippen LogP contribution is 2.23. The molecule has 1 atom stereocenters. The summed E-state index contributed by atoms with van der Waals surface area (Å²) in [5.41, 5.74) is 4.32. The lowest BCUT2D eigenvalue weighted by Gasteiger charge is -2.15. The molecule has 0 radical (unpaired) electrons. The van der Waals surface area contributed by atoms with Crippen LogP contribution in [-0.2, 0) is 4.79 Å². The average Bonchev–Trinajstić information content (AvgIpc) is 2.75. The van der Waals surface area contributed by atoms with E-state index < -0.39 is 6.10 Å². The van der Waals surface area contributed by atoms with Crippen LogP contribution in [0.2, 0.25) is 0 Å². The Morgan fingerprint density at radius 1 is 0.966 bits per heavy atom. The Labute approximate surface area is 168 Å². The first kappa shape index (κ1) is 18.6. The van der Waals surface area contributed by atoms with Gasteiger partial charge in [-0.3, -0.25) is 9.78 Å². The molecule has 6 heteroatoms. The molecule has 2 aromatic carbocycles. The highest BCUT2D eigenvalue weighted by Gasteiger charge is 2.16. The van der Waals surface area contributed by atoms with Gasteiger partial charge in [0.1, 0.15) is 11.6 Å². The van der Waals surface area contributed by atoms with Crippen molar-refractivity contribution in [2.45, 2.75) is 20.0 Å². The molecule has 4 rings (SSSR count). The molecule has 6 nitrogen and oxygen atoms in total. The summed E-state index contributed by atoms with van der Waals surface area (Å²) in [6, 6.07) is 18.9. The van der Waals surface area contributed by atoms with Crippen molar-refractivity contribution < 1.29 is 9.53 Å². The number of pyridine rings is 1. The number of para-hydroxylation sites is 2. The normalized spacial score (nSPS) is 11.8. The van der Waals surface area contributed by atoms with Crippen molar-refractivity contribution in [3.05, 3.63) is 78.6 Å². The number of anilines is 1. The summed E-state index contributed by atoms with van der Waals surface area (Å²) in [6.07, 6.45) is 2.73. The molecule has 4 aromatic rings. The minimum absolute atomic E-state index is 0.253. The number of amides is 1. The smallest absolute Gasteiger partial charge is 0.266 e. The van der Waals surface area contributed by atoms with Gasteiger partial charge in [-0.2, -0.15) is 0 Å². The second-order valence-electron chi connectivity index (χ2n) is 6.69. The fraction of sp³-hybridized carbons (Fsp3) is 0.130. The molecule has 0 fully saturated rings. The van der Waals surface area contributed by atoms with Crippen molar-refractivity contribution in [2.75, 3.05) is 5.32 Å².